The van der Waals surface area contributed by atoms with Gasteiger partial charge in [-0.2, -0.15) is 4.74 Å². The molecule has 2 atom stereocenters. The third-order valence-electron chi connectivity index (χ3n) is 4.76. The molecule has 2 aromatic rings. The molecule has 0 radical (unpaired) electrons. The summed E-state index contributed by atoms with van der Waals surface area (Å²) in [4.78, 5) is 29.3. The number of benzene rings is 1. The SMILES string of the molecule is Cc1ccc(C2c3c(n(C)oc3=O)N=C3CCC(=O)C32)cc1Br. The van der Waals surface area contributed by atoms with Crippen LogP contribution in [0.15, 0.2) is 37.0 Å². The average Bonchev–Trinajstić information content (AvgIpc) is 3.02. The van der Waals surface area contributed by atoms with Gasteiger partial charge >= 0.3 is 5.63 Å². The number of fused-ring (bicyclic) bond motifs is 2. The number of hydrogen-bond acceptors (Lipinski definition) is 4. The fourth-order valence-electron chi connectivity index (χ4n) is 3.59. The highest BCUT2D eigenvalue weighted by molar-refractivity contribution is 9.10. The largest absolute Gasteiger partial charge is 0.363 e. The zero-order valence-electron chi connectivity index (χ0n) is 12.8. The number of ketones is 1. The number of carbonyl (C=O) groups is 1. The van der Waals surface area contributed by atoms with E-state index in [0.717, 1.165) is 21.3 Å². The van der Waals surface area contributed by atoms with Gasteiger partial charge in [-0.3, -0.25) is 4.79 Å². The number of Topliss-reactive ketones (excluding diaryl/α,β-unsaturated/α-hetero) is 1. The Kier molecular flexibility index (Phi) is 3.20. The fraction of sp³-hybridized carbons (Fsp3) is 0.353. The van der Waals surface area contributed by atoms with Crippen LogP contribution in [-0.2, 0) is 11.8 Å². The first-order valence-corrected chi connectivity index (χ1v) is 8.33. The first-order chi connectivity index (χ1) is 11.0. The third-order valence-corrected chi connectivity index (χ3v) is 5.62. The average molecular weight is 375 g/mol. The standard InChI is InChI=1S/C17H15BrN2O3/c1-8-3-4-9(7-10(8)18)13-14-11(5-6-12(14)21)19-16-15(13)17(22)23-20(16)2/h3-4,7,13-14H,5-6H2,1-2H3. The molecule has 1 fully saturated rings. The van der Waals surface area contributed by atoms with Gasteiger partial charge in [-0.05, 0) is 30.5 Å². The smallest absolute Gasteiger partial charge is 0.334 e. The molecule has 23 heavy (non-hydrogen) atoms. The van der Waals surface area contributed by atoms with Crippen molar-refractivity contribution in [1.29, 1.82) is 0 Å². The second-order valence-corrected chi connectivity index (χ2v) is 7.00. The number of aliphatic imine (C=N–C) groups is 1. The maximum atomic E-state index is 12.4. The van der Waals surface area contributed by atoms with E-state index in [2.05, 4.69) is 20.9 Å². The molecule has 1 saturated carbocycles. The molecular weight excluding hydrogens is 360 g/mol. The van der Waals surface area contributed by atoms with Crippen LogP contribution in [0.5, 0.6) is 0 Å². The predicted octanol–water partition coefficient (Wildman–Crippen LogP) is 3.25. The highest BCUT2D eigenvalue weighted by Gasteiger charge is 2.45. The molecule has 0 spiro atoms. The van der Waals surface area contributed by atoms with Gasteiger partial charge in [0.1, 0.15) is 5.78 Å². The maximum Gasteiger partial charge on any atom is 0.363 e. The summed E-state index contributed by atoms with van der Waals surface area (Å²) in [7, 11) is 1.67. The van der Waals surface area contributed by atoms with Gasteiger partial charge in [-0.15, -0.1) is 0 Å². The second kappa shape index (κ2) is 5.03. The number of hydrogen-bond donors (Lipinski definition) is 0. The lowest BCUT2D eigenvalue weighted by molar-refractivity contribution is -0.120. The molecule has 5 nitrogen and oxygen atoms in total. The van der Waals surface area contributed by atoms with Crippen LogP contribution in [-0.4, -0.2) is 16.2 Å². The van der Waals surface area contributed by atoms with Crippen molar-refractivity contribution < 1.29 is 9.32 Å². The molecule has 1 aliphatic heterocycles. The Hall–Kier alpha value is -1.95. The molecule has 0 saturated heterocycles. The normalized spacial score (nSPS) is 22.7. The van der Waals surface area contributed by atoms with Gasteiger partial charge in [-0.1, -0.05) is 28.1 Å². The van der Waals surface area contributed by atoms with Gasteiger partial charge < -0.3 is 4.52 Å². The van der Waals surface area contributed by atoms with Crippen molar-refractivity contribution >= 4 is 33.2 Å². The molecule has 0 N–H and O–H groups in total. The summed E-state index contributed by atoms with van der Waals surface area (Å²) in [5.41, 5.74) is 2.99. The van der Waals surface area contributed by atoms with Crippen LogP contribution < -0.4 is 5.63 Å². The molecule has 118 valence electrons. The van der Waals surface area contributed by atoms with E-state index in [0.29, 0.717) is 24.2 Å². The summed E-state index contributed by atoms with van der Waals surface area (Å²) >= 11 is 3.54. The van der Waals surface area contributed by atoms with E-state index < -0.39 is 5.63 Å². The molecule has 0 bridgehead atoms. The lowest BCUT2D eigenvalue weighted by atomic mass is 9.77. The molecule has 1 aromatic carbocycles. The lowest BCUT2D eigenvalue weighted by Crippen LogP contribution is -2.29. The summed E-state index contributed by atoms with van der Waals surface area (Å²) in [6.45, 7) is 2.00. The number of nitrogens with zero attached hydrogens (tertiary/aromatic N) is 2. The Balaban J connectivity index is 1.99. The number of carbonyl (C=O) groups excluding carboxylic acids is 1. The minimum Gasteiger partial charge on any atom is -0.334 e. The van der Waals surface area contributed by atoms with Crippen molar-refractivity contribution in [2.24, 2.45) is 18.0 Å². The zero-order valence-corrected chi connectivity index (χ0v) is 14.4. The highest BCUT2D eigenvalue weighted by Crippen LogP contribution is 2.45. The first-order valence-electron chi connectivity index (χ1n) is 7.54. The minimum atomic E-state index is -0.410. The molecule has 2 aliphatic rings. The Morgan fingerprint density at radius 3 is 2.78 bits per heavy atom. The van der Waals surface area contributed by atoms with Crippen LogP contribution in [0.25, 0.3) is 0 Å². The Morgan fingerprint density at radius 2 is 2.04 bits per heavy atom. The topological polar surface area (TPSA) is 64.6 Å². The molecule has 1 aromatic heterocycles. The highest BCUT2D eigenvalue weighted by atomic mass is 79.9. The summed E-state index contributed by atoms with van der Waals surface area (Å²) in [6, 6.07) is 5.97. The van der Waals surface area contributed by atoms with Crippen molar-refractivity contribution in [2.75, 3.05) is 0 Å². The van der Waals surface area contributed by atoms with E-state index in [1.165, 1.54) is 4.74 Å². The third kappa shape index (κ3) is 2.08. The van der Waals surface area contributed by atoms with Crippen LogP contribution in [0.3, 0.4) is 0 Å². The summed E-state index contributed by atoms with van der Waals surface area (Å²) in [5.74, 6) is 0.0289. The maximum absolute atomic E-state index is 12.4. The molecule has 0 amide bonds. The van der Waals surface area contributed by atoms with Crippen molar-refractivity contribution in [3.05, 3.63) is 49.8 Å². The molecular formula is C17H15BrN2O3. The Bertz CT molecular complexity index is 922. The molecule has 4 rings (SSSR count). The number of halogens is 1. The molecule has 1 aliphatic carbocycles. The monoisotopic (exact) mass is 374 g/mol. The van der Waals surface area contributed by atoms with Crippen molar-refractivity contribution in [2.45, 2.75) is 25.7 Å². The summed E-state index contributed by atoms with van der Waals surface area (Å²) in [5, 5.41) is 0. The fourth-order valence-corrected chi connectivity index (χ4v) is 3.99. The van der Waals surface area contributed by atoms with Crippen LogP contribution in [0.4, 0.5) is 5.82 Å². The van der Waals surface area contributed by atoms with Gasteiger partial charge in [-0.25, -0.2) is 9.79 Å². The zero-order chi connectivity index (χ0) is 16.3. The van der Waals surface area contributed by atoms with Gasteiger partial charge in [0.05, 0.1) is 11.5 Å². The van der Waals surface area contributed by atoms with E-state index in [4.69, 9.17) is 4.52 Å². The number of rotatable bonds is 1. The second-order valence-electron chi connectivity index (χ2n) is 6.15. The van der Waals surface area contributed by atoms with Crippen molar-refractivity contribution in [1.82, 2.24) is 4.74 Å². The first kappa shape index (κ1) is 14.6. The van der Waals surface area contributed by atoms with Crippen molar-refractivity contribution in [3.63, 3.8) is 0 Å². The summed E-state index contributed by atoms with van der Waals surface area (Å²) < 4.78 is 7.57. The van der Waals surface area contributed by atoms with Gasteiger partial charge in [0, 0.05) is 29.6 Å². The van der Waals surface area contributed by atoms with E-state index >= 15 is 0 Å². The quantitative estimate of drug-likeness (QED) is 0.769. The van der Waals surface area contributed by atoms with Crippen LogP contribution in [0.2, 0.25) is 0 Å². The molecule has 2 heterocycles. The molecule has 6 heteroatoms. The van der Waals surface area contributed by atoms with E-state index in [-0.39, 0.29) is 17.6 Å². The number of aromatic nitrogens is 1. The Labute approximate surface area is 141 Å². The van der Waals surface area contributed by atoms with E-state index in [1.54, 1.807) is 7.05 Å². The van der Waals surface area contributed by atoms with Gasteiger partial charge in [0.15, 0.2) is 5.82 Å². The predicted molar refractivity (Wildman–Crippen MR) is 89.5 cm³/mol. The van der Waals surface area contributed by atoms with Gasteiger partial charge in [0.2, 0.25) is 0 Å². The number of aryl methyl sites for hydroxylation is 2. The van der Waals surface area contributed by atoms with Crippen LogP contribution in [0.1, 0.15) is 35.4 Å². The van der Waals surface area contributed by atoms with Gasteiger partial charge in [0.25, 0.3) is 0 Å². The van der Waals surface area contributed by atoms with Crippen LogP contribution >= 0.6 is 15.9 Å². The Morgan fingerprint density at radius 1 is 1.26 bits per heavy atom. The van der Waals surface area contributed by atoms with Crippen LogP contribution in [0, 0.1) is 12.8 Å². The van der Waals surface area contributed by atoms with Crippen molar-refractivity contribution in [3.8, 4) is 0 Å². The van der Waals surface area contributed by atoms with E-state index in [1.807, 2.05) is 25.1 Å². The van der Waals surface area contributed by atoms with E-state index in [9.17, 15) is 9.59 Å². The lowest BCUT2D eigenvalue weighted by Gasteiger charge is -2.26. The molecule has 2 unspecified atom stereocenters. The minimum absolute atomic E-state index is 0.152. The summed E-state index contributed by atoms with van der Waals surface area (Å²) in [6.07, 6.45) is 1.15.